The Morgan fingerprint density at radius 2 is 1.67 bits per heavy atom. The van der Waals surface area contributed by atoms with Gasteiger partial charge in [-0.05, 0) is 45.7 Å². The highest BCUT2D eigenvalue weighted by Crippen LogP contribution is 2.41. The van der Waals surface area contributed by atoms with Crippen LogP contribution in [-0.2, 0) is 0 Å². The maximum atomic E-state index is 11.6. The van der Waals surface area contributed by atoms with Crippen LogP contribution in [0.5, 0.6) is 0 Å². The van der Waals surface area contributed by atoms with Gasteiger partial charge in [0, 0.05) is 16.7 Å². The predicted molar refractivity (Wildman–Crippen MR) is 82.3 cm³/mol. The van der Waals surface area contributed by atoms with E-state index in [0.29, 0.717) is 11.1 Å². The summed E-state index contributed by atoms with van der Waals surface area (Å²) in [5.41, 5.74) is 10.4. The summed E-state index contributed by atoms with van der Waals surface area (Å²) in [6.07, 6.45) is 0.909. The van der Waals surface area contributed by atoms with E-state index >= 15 is 0 Å². The Kier molecular flexibility index (Phi) is 2.27. The molecule has 0 aromatic heterocycles. The van der Waals surface area contributed by atoms with Crippen molar-refractivity contribution in [3.63, 3.8) is 0 Å². The van der Waals surface area contributed by atoms with Gasteiger partial charge in [0.1, 0.15) is 0 Å². The molecule has 1 amide bonds. The lowest BCUT2D eigenvalue weighted by molar-refractivity contribution is 0.1000. The molecule has 0 radical (unpaired) electrons. The third kappa shape index (κ3) is 1.54. The van der Waals surface area contributed by atoms with Crippen LogP contribution in [0.4, 0.5) is 0 Å². The van der Waals surface area contributed by atoms with Gasteiger partial charge >= 0.3 is 0 Å². The number of benzene rings is 3. The summed E-state index contributed by atoms with van der Waals surface area (Å²) in [4.78, 5) is 22.9. The molecule has 2 N–H and O–H groups in total. The molecule has 3 aromatic rings. The fraction of sp³-hybridized carbons (Fsp3) is 0. The van der Waals surface area contributed by atoms with Crippen molar-refractivity contribution < 1.29 is 9.59 Å². The van der Waals surface area contributed by atoms with Gasteiger partial charge < -0.3 is 5.73 Å². The summed E-state index contributed by atoms with van der Waals surface area (Å²) in [5, 5.41) is 1.88. The van der Waals surface area contributed by atoms with E-state index in [0.717, 1.165) is 39.3 Å². The van der Waals surface area contributed by atoms with Crippen molar-refractivity contribution in [3.05, 3.63) is 59.7 Å². The van der Waals surface area contributed by atoms with E-state index < -0.39 is 5.91 Å². The Hall–Kier alpha value is -2.94. The maximum Gasteiger partial charge on any atom is 0.248 e. The molecule has 0 aliphatic heterocycles. The summed E-state index contributed by atoms with van der Waals surface area (Å²) in [7, 11) is 0. The summed E-state index contributed by atoms with van der Waals surface area (Å²) in [6.45, 7) is 0. The molecule has 4 bridgehead atoms. The Balaban J connectivity index is 2.20. The smallest absolute Gasteiger partial charge is 0.248 e. The molecule has 0 fully saturated rings. The van der Waals surface area contributed by atoms with Crippen molar-refractivity contribution in [3.8, 4) is 22.3 Å². The SMILES string of the molecule is NC(=O)c1ccc2c3c(C=O)c(cc2c1)-c1ccc-3cc1. The van der Waals surface area contributed by atoms with Gasteiger partial charge in [0.05, 0.1) is 0 Å². The van der Waals surface area contributed by atoms with E-state index in [1.54, 1.807) is 12.1 Å². The van der Waals surface area contributed by atoms with Crippen molar-refractivity contribution in [1.82, 2.24) is 0 Å². The van der Waals surface area contributed by atoms with Gasteiger partial charge in [0.15, 0.2) is 6.29 Å². The third-order valence-electron chi connectivity index (χ3n) is 4.07. The minimum atomic E-state index is -0.450. The van der Waals surface area contributed by atoms with Gasteiger partial charge in [0.25, 0.3) is 0 Å². The second kappa shape index (κ2) is 4.03. The number of nitrogens with two attached hydrogens (primary N) is 1. The molecule has 3 aromatic carbocycles. The van der Waals surface area contributed by atoms with Gasteiger partial charge in [0.2, 0.25) is 5.91 Å². The second-order valence-electron chi connectivity index (χ2n) is 5.21. The molecular formula is C18H11NO2. The Labute approximate surface area is 121 Å². The predicted octanol–water partition coefficient (Wildman–Crippen LogP) is 3.40. The first-order valence-corrected chi connectivity index (χ1v) is 6.65. The van der Waals surface area contributed by atoms with E-state index in [-0.39, 0.29) is 0 Å². The van der Waals surface area contributed by atoms with E-state index in [4.69, 9.17) is 5.73 Å². The molecule has 5 rings (SSSR count). The Morgan fingerprint density at radius 3 is 2.33 bits per heavy atom. The molecule has 0 unspecified atom stereocenters. The fourth-order valence-electron chi connectivity index (χ4n) is 3.06. The summed E-state index contributed by atoms with van der Waals surface area (Å²) >= 11 is 0. The Morgan fingerprint density at radius 1 is 0.952 bits per heavy atom. The number of carbonyl (C=O) groups is 2. The van der Waals surface area contributed by atoms with Gasteiger partial charge in [-0.3, -0.25) is 9.59 Å². The van der Waals surface area contributed by atoms with Crippen molar-refractivity contribution in [2.45, 2.75) is 0 Å². The van der Waals surface area contributed by atoms with Crippen LogP contribution in [0.2, 0.25) is 0 Å². The zero-order chi connectivity index (χ0) is 14.6. The van der Waals surface area contributed by atoms with Crippen LogP contribution < -0.4 is 5.73 Å². The van der Waals surface area contributed by atoms with Gasteiger partial charge in [-0.2, -0.15) is 0 Å². The molecule has 0 saturated carbocycles. The quantitative estimate of drug-likeness (QED) is 0.569. The molecule has 2 aliphatic carbocycles. The summed E-state index contributed by atoms with van der Waals surface area (Å²) in [5.74, 6) is -0.450. The molecular weight excluding hydrogens is 262 g/mol. The summed E-state index contributed by atoms with van der Waals surface area (Å²) in [6, 6.07) is 15.4. The molecule has 3 nitrogen and oxygen atoms in total. The van der Waals surface area contributed by atoms with Gasteiger partial charge in [-0.25, -0.2) is 0 Å². The minimum absolute atomic E-state index is 0.450. The molecule has 100 valence electrons. The minimum Gasteiger partial charge on any atom is -0.366 e. The molecule has 3 heteroatoms. The number of carbonyl (C=O) groups excluding carboxylic acids is 2. The van der Waals surface area contributed by atoms with Crippen LogP contribution in [-0.4, -0.2) is 12.2 Å². The number of hydrogen-bond donors (Lipinski definition) is 1. The normalized spacial score (nSPS) is 11.4. The lowest BCUT2D eigenvalue weighted by Gasteiger charge is -2.11. The lowest BCUT2D eigenvalue weighted by atomic mass is 9.91. The monoisotopic (exact) mass is 273 g/mol. The van der Waals surface area contributed by atoms with E-state index in [1.807, 2.05) is 36.4 Å². The van der Waals surface area contributed by atoms with Crippen LogP contribution >= 0.6 is 0 Å². The Bertz CT molecular complexity index is 924. The maximum absolute atomic E-state index is 11.6. The molecule has 0 atom stereocenters. The van der Waals surface area contributed by atoms with Crippen molar-refractivity contribution >= 4 is 23.0 Å². The van der Waals surface area contributed by atoms with Gasteiger partial charge in [-0.1, -0.05) is 30.3 Å². The van der Waals surface area contributed by atoms with Crippen LogP contribution in [0.3, 0.4) is 0 Å². The first-order chi connectivity index (χ1) is 10.2. The summed E-state index contributed by atoms with van der Waals surface area (Å²) < 4.78 is 0. The average Bonchev–Trinajstić information content (AvgIpc) is 2.68. The fourth-order valence-corrected chi connectivity index (χ4v) is 3.06. The number of primary amides is 1. The van der Waals surface area contributed by atoms with Crippen LogP contribution in [0.25, 0.3) is 33.0 Å². The number of rotatable bonds is 2. The van der Waals surface area contributed by atoms with E-state index in [1.165, 1.54) is 0 Å². The number of amides is 1. The van der Waals surface area contributed by atoms with Gasteiger partial charge in [-0.15, -0.1) is 0 Å². The molecule has 0 saturated heterocycles. The molecule has 0 spiro atoms. The van der Waals surface area contributed by atoms with E-state index in [9.17, 15) is 9.59 Å². The number of hydrogen-bond acceptors (Lipinski definition) is 2. The number of aldehydes is 1. The zero-order valence-electron chi connectivity index (χ0n) is 11.1. The largest absolute Gasteiger partial charge is 0.366 e. The van der Waals surface area contributed by atoms with Crippen LogP contribution in [0.15, 0.2) is 48.5 Å². The van der Waals surface area contributed by atoms with Crippen molar-refractivity contribution in [2.75, 3.05) is 0 Å². The van der Waals surface area contributed by atoms with Crippen LogP contribution in [0.1, 0.15) is 20.7 Å². The highest BCUT2D eigenvalue weighted by molar-refractivity contribution is 6.12. The lowest BCUT2D eigenvalue weighted by Crippen LogP contribution is -2.10. The molecule has 21 heavy (non-hydrogen) atoms. The third-order valence-corrected chi connectivity index (χ3v) is 4.07. The standard InChI is InChI=1S/C18H11NO2/c19-18(21)12-5-6-14-13(7-12)8-15-10-1-3-11(4-2-10)17(14)16(15)9-20/h1-9H,(H2,19,21). The van der Waals surface area contributed by atoms with E-state index in [2.05, 4.69) is 0 Å². The average molecular weight is 273 g/mol. The second-order valence-corrected chi connectivity index (χ2v) is 5.21. The number of fused-ring (bicyclic) bond motifs is 3. The molecule has 2 aliphatic rings. The van der Waals surface area contributed by atoms with Crippen molar-refractivity contribution in [2.24, 2.45) is 5.73 Å². The topological polar surface area (TPSA) is 60.2 Å². The first kappa shape index (κ1) is 11.9. The zero-order valence-corrected chi connectivity index (χ0v) is 11.1. The van der Waals surface area contributed by atoms with Crippen LogP contribution in [0, 0.1) is 0 Å². The van der Waals surface area contributed by atoms with Crippen molar-refractivity contribution in [1.29, 1.82) is 0 Å². The molecule has 0 heterocycles. The first-order valence-electron chi connectivity index (χ1n) is 6.65. The highest BCUT2D eigenvalue weighted by atomic mass is 16.1. The highest BCUT2D eigenvalue weighted by Gasteiger charge is 2.19.